The third-order valence-electron chi connectivity index (χ3n) is 4.21. The molecule has 0 aromatic rings. The van der Waals surface area contributed by atoms with Crippen molar-refractivity contribution in [2.75, 3.05) is 0 Å². The average Bonchev–Trinajstić information content (AvgIpc) is 2.45. The van der Waals surface area contributed by atoms with E-state index < -0.39 is 0 Å². The van der Waals surface area contributed by atoms with Crippen molar-refractivity contribution in [2.45, 2.75) is 112 Å². The van der Waals surface area contributed by atoms with Gasteiger partial charge in [0, 0.05) is 12.8 Å². The fraction of sp³-hybridized carbons (Fsp3) is 0.905. The van der Waals surface area contributed by atoms with E-state index >= 15 is 0 Å². The van der Waals surface area contributed by atoms with E-state index in [4.69, 9.17) is 9.47 Å². The van der Waals surface area contributed by atoms with Crippen LogP contribution in [0.2, 0.25) is 0 Å². The number of hydrogen-bond acceptors (Lipinski definition) is 4. The second-order valence-electron chi connectivity index (χ2n) is 8.10. The van der Waals surface area contributed by atoms with Crippen molar-refractivity contribution in [1.29, 1.82) is 0 Å². The summed E-state index contributed by atoms with van der Waals surface area (Å²) in [5.74, 6) is 0.938. The Bertz CT molecular complexity index is 329. The summed E-state index contributed by atoms with van der Waals surface area (Å²) in [5.41, 5.74) is 0. The van der Waals surface area contributed by atoms with Crippen molar-refractivity contribution in [3.63, 3.8) is 0 Å². The highest BCUT2D eigenvalue weighted by atomic mass is 16.5. The van der Waals surface area contributed by atoms with Crippen LogP contribution in [0.3, 0.4) is 0 Å². The molecule has 0 fully saturated rings. The first-order valence-corrected chi connectivity index (χ1v) is 10.1. The maximum absolute atomic E-state index is 11.8. The molecular formula is C21H40O4. The van der Waals surface area contributed by atoms with Crippen LogP contribution in [-0.2, 0) is 19.1 Å². The Hall–Kier alpha value is -1.06. The van der Waals surface area contributed by atoms with E-state index in [9.17, 15) is 9.59 Å². The van der Waals surface area contributed by atoms with Crippen LogP contribution in [0.5, 0.6) is 0 Å². The Balaban J connectivity index is 3.73. The number of carbonyl (C=O) groups excluding carboxylic acids is 2. The van der Waals surface area contributed by atoms with Gasteiger partial charge in [0.25, 0.3) is 0 Å². The molecule has 25 heavy (non-hydrogen) atoms. The molecule has 2 unspecified atom stereocenters. The molecule has 2 atom stereocenters. The third-order valence-corrected chi connectivity index (χ3v) is 4.21. The van der Waals surface area contributed by atoms with Crippen LogP contribution in [0.15, 0.2) is 0 Å². The summed E-state index contributed by atoms with van der Waals surface area (Å²) in [5, 5.41) is 0. The fourth-order valence-corrected chi connectivity index (χ4v) is 2.69. The Morgan fingerprint density at radius 3 is 1.28 bits per heavy atom. The van der Waals surface area contributed by atoms with Gasteiger partial charge in [-0.1, -0.05) is 40.5 Å². The molecule has 0 spiro atoms. The average molecular weight is 357 g/mol. The Labute approximate surface area is 155 Å². The van der Waals surface area contributed by atoms with E-state index in [1.807, 2.05) is 13.8 Å². The van der Waals surface area contributed by atoms with Gasteiger partial charge in [-0.05, 0) is 57.8 Å². The van der Waals surface area contributed by atoms with Gasteiger partial charge < -0.3 is 9.47 Å². The minimum absolute atomic E-state index is 0.0424. The van der Waals surface area contributed by atoms with Gasteiger partial charge in [0.1, 0.15) is 0 Å². The quantitative estimate of drug-likeness (QED) is 0.376. The van der Waals surface area contributed by atoms with Gasteiger partial charge >= 0.3 is 11.9 Å². The highest BCUT2D eigenvalue weighted by Crippen LogP contribution is 2.13. The molecule has 4 nitrogen and oxygen atoms in total. The van der Waals surface area contributed by atoms with Crippen LogP contribution in [0.25, 0.3) is 0 Å². The van der Waals surface area contributed by atoms with E-state index in [-0.39, 0.29) is 37.0 Å². The lowest BCUT2D eigenvalue weighted by Gasteiger charge is -2.15. The minimum Gasteiger partial charge on any atom is -0.463 e. The van der Waals surface area contributed by atoms with Crippen molar-refractivity contribution < 1.29 is 19.1 Å². The summed E-state index contributed by atoms with van der Waals surface area (Å²) in [4.78, 5) is 23.6. The number of hydrogen-bond donors (Lipinski definition) is 0. The normalized spacial score (nSPS) is 13.8. The van der Waals surface area contributed by atoms with E-state index in [2.05, 4.69) is 27.7 Å². The molecular weight excluding hydrogens is 316 g/mol. The highest BCUT2D eigenvalue weighted by molar-refractivity contribution is 5.72. The lowest BCUT2D eigenvalue weighted by molar-refractivity contribution is -0.150. The predicted molar refractivity (Wildman–Crippen MR) is 102 cm³/mol. The molecule has 0 radical (unpaired) electrons. The van der Waals surface area contributed by atoms with Gasteiger partial charge in [0.2, 0.25) is 0 Å². The van der Waals surface area contributed by atoms with Crippen molar-refractivity contribution in [3.05, 3.63) is 0 Å². The zero-order valence-corrected chi connectivity index (χ0v) is 17.3. The number of rotatable bonds is 14. The van der Waals surface area contributed by atoms with Crippen molar-refractivity contribution in [1.82, 2.24) is 0 Å². The molecule has 0 aliphatic heterocycles. The Morgan fingerprint density at radius 1 is 0.600 bits per heavy atom. The van der Waals surface area contributed by atoms with Crippen LogP contribution in [0.1, 0.15) is 99.3 Å². The summed E-state index contributed by atoms with van der Waals surface area (Å²) in [6, 6.07) is 0. The Kier molecular flexibility index (Phi) is 13.5. The highest BCUT2D eigenvalue weighted by Gasteiger charge is 2.13. The van der Waals surface area contributed by atoms with Crippen LogP contribution in [-0.4, -0.2) is 24.1 Å². The van der Waals surface area contributed by atoms with Crippen LogP contribution in [0.4, 0.5) is 0 Å². The fourth-order valence-electron chi connectivity index (χ4n) is 2.69. The zero-order valence-electron chi connectivity index (χ0n) is 17.3. The molecule has 0 heterocycles. The molecule has 0 bridgehead atoms. The molecule has 148 valence electrons. The second kappa shape index (κ2) is 14.1. The molecule has 0 N–H and O–H groups in total. The summed E-state index contributed by atoms with van der Waals surface area (Å²) in [7, 11) is 0. The van der Waals surface area contributed by atoms with Crippen molar-refractivity contribution in [2.24, 2.45) is 11.8 Å². The topological polar surface area (TPSA) is 52.6 Å². The number of esters is 2. The summed E-state index contributed by atoms with van der Waals surface area (Å²) < 4.78 is 10.8. The van der Waals surface area contributed by atoms with Gasteiger partial charge in [-0.15, -0.1) is 0 Å². The third kappa shape index (κ3) is 16.2. The maximum Gasteiger partial charge on any atom is 0.306 e. The van der Waals surface area contributed by atoms with Gasteiger partial charge in [0.15, 0.2) is 0 Å². The SMILES string of the molecule is CC(C)CCCC(C)OC(=O)CCCC(=O)OC(C)CCCC(C)C. The molecule has 0 aromatic carbocycles. The standard InChI is InChI=1S/C21H40O4/c1-16(2)10-7-12-18(5)24-20(22)14-9-15-21(23)25-19(6)13-8-11-17(3)4/h16-19H,7-15H2,1-6H3. The molecule has 0 rings (SSSR count). The minimum atomic E-state index is -0.213. The molecule has 0 aliphatic rings. The Morgan fingerprint density at radius 2 is 0.960 bits per heavy atom. The zero-order chi connectivity index (χ0) is 19.2. The van der Waals surface area contributed by atoms with Crippen molar-refractivity contribution >= 4 is 11.9 Å². The first-order valence-electron chi connectivity index (χ1n) is 10.1. The first-order chi connectivity index (χ1) is 11.7. The summed E-state index contributed by atoms with van der Waals surface area (Å²) >= 11 is 0. The lowest BCUT2D eigenvalue weighted by atomic mass is 10.0. The molecule has 0 amide bonds. The summed E-state index contributed by atoms with van der Waals surface area (Å²) in [6.45, 7) is 12.7. The van der Waals surface area contributed by atoms with Gasteiger partial charge in [0.05, 0.1) is 12.2 Å². The molecule has 0 saturated carbocycles. The maximum atomic E-state index is 11.8. The van der Waals surface area contributed by atoms with E-state index in [0.29, 0.717) is 18.3 Å². The van der Waals surface area contributed by atoms with Gasteiger partial charge in [-0.3, -0.25) is 9.59 Å². The van der Waals surface area contributed by atoms with Crippen LogP contribution >= 0.6 is 0 Å². The largest absolute Gasteiger partial charge is 0.463 e. The number of ether oxygens (including phenoxy) is 2. The van der Waals surface area contributed by atoms with E-state index in [1.165, 1.54) is 0 Å². The van der Waals surface area contributed by atoms with Gasteiger partial charge in [-0.2, -0.15) is 0 Å². The predicted octanol–water partition coefficient (Wildman–Crippen LogP) is 5.67. The first kappa shape index (κ1) is 23.9. The molecule has 0 aromatic heterocycles. The molecule has 4 heteroatoms. The summed E-state index contributed by atoms with van der Waals surface area (Å²) in [6.07, 6.45) is 7.25. The van der Waals surface area contributed by atoms with Crippen molar-refractivity contribution in [3.8, 4) is 0 Å². The van der Waals surface area contributed by atoms with E-state index in [1.54, 1.807) is 0 Å². The van der Waals surface area contributed by atoms with E-state index in [0.717, 1.165) is 38.5 Å². The van der Waals surface area contributed by atoms with Crippen LogP contribution in [0, 0.1) is 11.8 Å². The van der Waals surface area contributed by atoms with Gasteiger partial charge in [-0.25, -0.2) is 0 Å². The second-order valence-corrected chi connectivity index (χ2v) is 8.10. The molecule has 0 saturated heterocycles. The lowest BCUT2D eigenvalue weighted by Crippen LogP contribution is -2.17. The smallest absolute Gasteiger partial charge is 0.306 e. The van der Waals surface area contributed by atoms with Crippen LogP contribution < -0.4 is 0 Å². The molecule has 0 aliphatic carbocycles. The monoisotopic (exact) mass is 356 g/mol. The number of carbonyl (C=O) groups is 2.